The molecule has 1 saturated heterocycles. The molecule has 1 aliphatic carbocycles. The number of aromatic nitrogens is 3. The average Bonchev–Trinajstić information content (AvgIpc) is 3.21. The highest BCUT2D eigenvalue weighted by atomic mass is 16.5. The molecule has 1 aromatic rings. The van der Waals surface area contributed by atoms with Crippen LogP contribution in [0.3, 0.4) is 0 Å². The fraction of sp³-hybridized carbons (Fsp3) is 0.850. The zero-order valence-electron chi connectivity index (χ0n) is 17.0. The molecule has 7 nitrogen and oxygen atoms in total. The van der Waals surface area contributed by atoms with Crippen molar-refractivity contribution in [2.45, 2.75) is 77.4 Å². The quantitative estimate of drug-likeness (QED) is 0.797. The van der Waals surface area contributed by atoms with Crippen molar-refractivity contribution in [3.63, 3.8) is 0 Å². The molecule has 2 atom stereocenters. The van der Waals surface area contributed by atoms with Gasteiger partial charge < -0.3 is 15.0 Å². The Morgan fingerprint density at radius 3 is 2.74 bits per heavy atom. The van der Waals surface area contributed by atoms with E-state index in [4.69, 9.17) is 4.74 Å². The molecule has 152 valence electrons. The van der Waals surface area contributed by atoms with Crippen LogP contribution in [0.2, 0.25) is 0 Å². The lowest BCUT2D eigenvalue weighted by Gasteiger charge is -2.41. The van der Waals surface area contributed by atoms with Gasteiger partial charge in [-0.05, 0) is 57.3 Å². The van der Waals surface area contributed by atoms with Gasteiger partial charge in [0, 0.05) is 19.0 Å². The number of hydrogen-bond donors (Lipinski definition) is 2. The number of nitrogens with one attached hydrogen (secondary N) is 2. The third-order valence-electron chi connectivity index (χ3n) is 6.32. The smallest absolute Gasteiger partial charge is 0.317 e. The molecule has 27 heavy (non-hydrogen) atoms. The first-order chi connectivity index (χ1) is 13.1. The van der Waals surface area contributed by atoms with Crippen LogP contribution in [-0.2, 0) is 4.74 Å². The summed E-state index contributed by atoms with van der Waals surface area (Å²) >= 11 is 0. The molecule has 0 bridgehead atoms. The van der Waals surface area contributed by atoms with E-state index >= 15 is 0 Å². The zero-order valence-corrected chi connectivity index (χ0v) is 17.0. The Labute approximate surface area is 162 Å². The number of nitrogens with zero attached hydrogens (tertiary/aromatic N) is 3. The predicted molar refractivity (Wildman–Crippen MR) is 104 cm³/mol. The fourth-order valence-electron chi connectivity index (χ4n) is 4.64. The number of aromatic amines is 1. The summed E-state index contributed by atoms with van der Waals surface area (Å²) in [7, 11) is 0. The second kappa shape index (κ2) is 9.53. The highest BCUT2D eigenvalue weighted by Gasteiger charge is 2.37. The topological polar surface area (TPSA) is 83.1 Å². The van der Waals surface area contributed by atoms with Crippen LogP contribution in [0.4, 0.5) is 4.79 Å². The number of ether oxygens (including phenoxy) is 1. The van der Waals surface area contributed by atoms with E-state index in [9.17, 15) is 4.79 Å². The number of urea groups is 1. The molecule has 0 aromatic carbocycles. The molecule has 2 unspecified atom stereocenters. The van der Waals surface area contributed by atoms with Crippen molar-refractivity contribution in [3.8, 4) is 0 Å². The molecule has 2 aliphatic rings. The van der Waals surface area contributed by atoms with E-state index in [0.717, 1.165) is 49.9 Å². The number of amides is 2. The number of carbonyl (C=O) groups excluding carboxylic acids is 1. The minimum absolute atomic E-state index is 0.000993. The van der Waals surface area contributed by atoms with Gasteiger partial charge in [-0.2, -0.15) is 5.10 Å². The van der Waals surface area contributed by atoms with Gasteiger partial charge in [0.1, 0.15) is 12.2 Å². The zero-order chi connectivity index (χ0) is 19.2. The van der Waals surface area contributed by atoms with Crippen LogP contribution in [0.1, 0.15) is 71.0 Å². The molecule has 7 heteroatoms. The average molecular weight is 378 g/mol. The minimum atomic E-state index is -0.00108. The first-order valence-corrected chi connectivity index (χ1v) is 10.6. The Kier molecular flexibility index (Phi) is 7.10. The summed E-state index contributed by atoms with van der Waals surface area (Å²) in [6.07, 6.45) is 8.58. The molecule has 1 aromatic heterocycles. The van der Waals surface area contributed by atoms with Crippen molar-refractivity contribution < 1.29 is 9.53 Å². The van der Waals surface area contributed by atoms with Crippen molar-refractivity contribution in [3.05, 3.63) is 12.2 Å². The summed E-state index contributed by atoms with van der Waals surface area (Å²) in [6, 6.07) is -0.0000894. The lowest BCUT2D eigenvalue weighted by Crippen LogP contribution is -2.53. The van der Waals surface area contributed by atoms with E-state index in [1.807, 2.05) is 11.8 Å². The van der Waals surface area contributed by atoms with Crippen LogP contribution in [0.15, 0.2) is 6.33 Å². The number of hydrogen-bond acceptors (Lipinski definition) is 4. The molecule has 1 aliphatic heterocycles. The third kappa shape index (κ3) is 5.00. The highest BCUT2D eigenvalue weighted by Crippen LogP contribution is 2.34. The van der Waals surface area contributed by atoms with Crippen molar-refractivity contribution in [2.75, 3.05) is 19.7 Å². The summed E-state index contributed by atoms with van der Waals surface area (Å²) in [6.45, 7) is 8.56. The van der Waals surface area contributed by atoms with Crippen LogP contribution >= 0.6 is 0 Å². The van der Waals surface area contributed by atoms with Gasteiger partial charge in [-0.15, -0.1) is 0 Å². The van der Waals surface area contributed by atoms with Gasteiger partial charge in [-0.25, -0.2) is 9.78 Å². The second-order valence-electron chi connectivity index (χ2n) is 8.33. The van der Waals surface area contributed by atoms with Crippen molar-refractivity contribution in [1.29, 1.82) is 0 Å². The van der Waals surface area contributed by atoms with Gasteiger partial charge in [0.2, 0.25) is 0 Å². The Bertz CT molecular complexity index is 569. The van der Waals surface area contributed by atoms with Gasteiger partial charge in [0.25, 0.3) is 0 Å². The summed E-state index contributed by atoms with van der Waals surface area (Å²) < 4.78 is 6.35. The molecule has 0 spiro atoms. The summed E-state index contributed by atoms with van der Waals surface area (Å²) in [4.78, 5) is 18.9. The molecule has 1 saturated carbocycles. The normalized spacial score (nSPS) is 29.1. The van der Waals surface area contributed by atoms with Crippen LogP contribution < -0.4 is 5.32 Å². The van der Waals surface area contributed by atoms with Crippen molar-refractivity contribution in [2.24, 2.45) is 11.8 Å². The molecular weight excluding hydrogens is 342 g/mol. The maximum Gasteiger partial charge on any atom is 0.317 e. The van der Waals surface area contributed by atoms with E-state index < -0.39 is 0 Å². The van der Waals surface area contributed by atoms with E-state index in [1.54, 1.807) is 6.33 Å². The summed E-state index contributed by atoms with van der Waals surface area (Å²) in [5.41, 5.74) is 0. The van der Waals surface area contributed by atoms with Crippen LogP contribution in [-0.4, -0.2) is 58.0 Å². The second-order valence-corrected chi connectivity index (χ2v) is 8.33. The van der Waals surface area contributed by atoms with Crippen LogP contribution in [0.25, 0.3) is 0 Å². The van der Waals surface area contributed by atoms with E-state index in [1.165, 1.54) is 12.8 Å². The molecule has 2 fully saturated rings. The van der Waals surface area contributed by atoms with E-state index in [-0.39, 0.29) is 18.0 Å². The number of H-pyrrole nitrogens is 1. The first-order valence-electron chi connectivity index (χ1n) is 10.6. The Hall–Kier alpha value is -1.63. The fourth-order valence-corrected chi connectivity index (χ4v) is 4.64. The predicted octanol–water partition coefficient (Wildman–Crippen LogP) is 3.31. The molecule has 3 rings (SSSR count). The number of piperidine rings is 1. The molecular formula is C20H35N5O2. The SMILES string of the molecule is CCNC(=O)N1CCCC(c2ncn[nH]2)C1COC1CCC(C(C)C)CC1. The summed E-state index contributed by atoms with van der Waals surface area (Å²) in [5, 5.41) is 9.98. The lowest BCUT2D eigenvalue weighted by atomic mass is 9.80. The molecule has 2 amide bonds. The monoisotopic (exact) mass is 377 g/mol. The number of likely N-dealkylation sites (tertiary alicyclic amines) is 1. The van der Waals surface area contributed by atoms with Gasteiger partial charge in [0.05, 0.1) is 18.8 Å². The highest BCUT2D eigenvalue weighted by molar-refractivity contribution is 5.74. The lowest BCUT2D eigenvalue weighted by molar-refractivity contribution is -0.0241. The largest absolute Gasteiger partial charge is 0.376 e. The van der Waals surface area contributed by atoms with Gasteiger partial charge in [-0.1, -0.05) is 13.8 Å². The Balaban J connectivity index is 1.64. The number of carbonyl (C=O) groups is 1. The third-order valence-corrected chi connectivity index (χ3v) is 6.32. The standard InChI is InChI=1S/C20H35N5O2/c1-4-21-20(26)25-11-5-6-17(19-22-13-23-24-19)18(25)12-27-16-9-7-15(8-10-16)14(2)3/h13-18H,4-12H2,1-3H3,(H,21,26)(H,22,23,24). The maximum absolute atomic E-state index is 12.6. The van der Waals surface area contributed by atoms with Gasteiger partial charge in [-0.3, -0.25) is 5.10 Å². The van der Waals surface area contributed by atoms with E-state index in [2.05, 4.69) is 34.3 Å². The van der Waals surface area contributed by atoms with Crippen molar-refractivity contribution in [1.82, 2.24) is 25.4 Å². The van der Waals surface area contributed by atoms with E-state index in [0.29, 0.717) is 19.3 Å². The van der Waals surface area contributed by atoms with Crippen LogP contribution in [0.5, 0.6) is 0 Å². The first kappa shape index (κ1) is 20.1. The van der Waals surface area contributed by atoms with Gasteiger partial charge in [0.15, 0.2) is 0 Å². The van der Waals surface area contributed by atoms with Crippen molar-refractivity contribution >= 4 is 6.03 Å². The molecule has 0 radical (unpaired) electrons. The number of rotatable bonds is 6. The summed E-state index contributed by atoms with van der Waals surface area (Å²) in [5.74, 6) is 2.60. The molecule has 2 N–H and O–H groups in total. The minimum Gasteiger partial charge on any atom is -0.376 e. The van der Waals surface area contributed by atoms with Gasteiger partial charge >= 0.3 is 6.03 Å². The van der Waals surface area contributed by atoms with Crippen LogP contribution in [0, 0.1) is 11.8 Å². The Morgan fingerprint density at radius 1 is 1.33 bits per heavy atom. The maximum atomic E-state index is 12.6. The molecule has 2 heterocycles. The Morgan fingerprint density at radius 2 is 2.11 bits per heavy atom.